The van der Waals surface area contributed by atoms with Crippen molar-refractivity contribution in [2.45, 2.75) is 37.9 Å². The van der Waals surface area contributed by atoms with Gasteiger partial charge in [-0.15, -0.1) is 0 Å². The fourth-order valence-corrected chi connectivity index (χ4v) is 2.67. The van der Waals surface area contributed by atoms with E-state index in [9.17, 15) is 8.60 Å². The second kappa shape index (κ2) is 8.22. The fraction of sp³-hybridized carbons (Fsp3) is 0.333. The third kappa shape index (κ3) is 5.44. The van der Waals surface area contributed by atoms with E-state index in [1.54, 1.807) is 12.3 Å². The third-order valence-corrected chi connectivity index (χ3v) is 4.21. The van der Waals surface area contributed by atoms with Gasteiger partial charge in [-0.3, -0.25) is 4.21 Å². The van der Waals surface area contributed by atoms with Crippen molar-refractivity contribution in [1.29, 1.82) is 0 Å². The SMILES string of the molecule is CC(C)Oc1ccc(CNCc2ccc(S(C)=O)cc2)cc1F. The van der Waals surface area contributed by atoms with E-state index in [0.29, 0.717) is 13.1 Å². The monoisotopic (exact) mass is 335 g/mol. The minimum atomic E-state index is -0.956. The molecular formula is C18H22FNO2S. The Morgan fingerprint density at radius 1 is 1.09 bits per heavy atom. The van der Waals surface area contributed by atoms with Gasteiger partial charge >= 0.3 is 0 Å². The molecule has 1 N–H and O–H groups in total. The molecule has 0 bridgehead atoms. The highest BCUT2D eigenvalue weighted by Crippen LogP contribution is 2.19. The molecule has 2 aromatic rings. The van der Waals surface area contributed by atoms with Crippen LogP contribution in [0.5, 0.6) is 5.75 Å². The summed E-state index contributed by atoms with van der Waals surface area (Å²) in [6.45, 7) is 4.98. The summed E-state index contributed by atoms with van der Waals surface area (Å²) in [6, 6.07) is 12.6. The fourth-order valence-electron chi connectivity index (χ4n) is 2.15. The highest BCUT2D eigenvalue weighted by molar-refractivity contribution is 7.84. The van der Waals surface area contributed by atoms with Crippen molar-refractivity contribution in [3.05, 3.63) is 59.4 Å². The van der Waals surface area contributed by atoms with Gasteiger partial charge < -0.3 is 10.1 Å². The molecule has 124 valence electrons. The normalized spacial score (nSPS) is 12.4. The number of hydrogen-bond donors (Lipinski definition) is 1. The van der Waals surface area contributed by atoms with Crippen LogP contribution in [0.1, 0.15) is 25.0 Å². The molecule has 1 unspecified atom stereocenters. The van der Waals surface area contributed by atoms with Gasteiger partial charge in [-0.2, -0.15) is 0 Å². The lowest BCUT2D eigenvalue weighted by molar-refractivity contribution is 0.231. The molecule has 0 heterocycles. The van der Waals surface area contributed by atoms with Crippen molar-refractivity contribution in [3.8, 4) is 5.75 Å². The van der Waals surface area contributed by atoms with Crippen LogP contribution >= 0.6 is 0 Å². The first-order chi connectivity index (χ1) is 11.0. The van der Waals surface area contributed by atoms with Crippen LogP contribution in [-0.2, 0) is 23.9 Å². The Labute approximate surface area is 139 Å². The summed E-state index contributed by atoms with van der Waals surface area (Å²) in [6.07, 6.45) is 1.61. The predicted octanol–water partition coefficient (Wildman–Crippen LogP) is 3.64. The Kier molecular flexibility index (Phi) is 6.30. The van der Waals surface area contributed by atoms with E-state index in [0.717, 1.165) is 16.0 Å². The molecule has 0 aromatic heterocycles. The van der Waals surface area contributed by atoms with Crippen LogP contribution in [0.3, 0.4) is 0 Å². The van der Waals surface area contributed by atoms with Gasteiger partial charge in [-0.05, 0) is 49.2 Å². The smallest absolute Gasteiger partial charge is 0.165 e. The molecular weight excluding hydrogens is 313 g/mol. The lowest BCUT2D eigenvalue weighted by atomic mass is 10.2. The van der Waals surface area contributed by atoms with Crippen LogP contribution in [0, 0.1) is 5.82 Å². The van der Waals surface area contributed by atoms with Crippen LogP contribution < -0.4 is 10.1 Å². The van der Waals surface area contributed by atoms with E-state index < -0.39 is 10.8 Å². The lowest BCUT2D eigenvalue weighted by Crippen LogP contribution is -2.13. The van der Waals surface area contributed by atoms with E-state index in [2.05, 4.69) is 5.32 Å². The van der Waals surface area contributed by atoms with E-state index in [-0.39, 0.29) is 17.7 Å². The van der Waals surface area contributed by atoms with E-state index in [1.165, 1.54) is 6.07 Å². The van der Waals surface area contributed by atoms with E-state index in [4.69, 9.17) is 4.74 Å². The van der Waals surface area contributed by atoms with Gasteiger partial charge in [0.05, 0.1) is 6.10 Å². The van der Waals surface area contributed by atoms with Gasteiger partial charge in [0.2, 0.25) is 0 Å². The Morgan fingerprint density at radius 2 is 1.70 bits per heavy atom. The van der Waals surface area contributed by atoms with Gasteiger partial charge in [0.1, 0.15) is 0 Å². The first kappa shape index (κ1) is 17.6. The van der Waals surface area contributed by atoms with Gasteiger partial charge in [-0.25, -0.2) is 4.39 Å². The average molecular weight is 335 g/mol. The number of ether oxygens (including phenoxy) is 1. The highest BCUT2D eigenvalue weighted by atomic mass is 32.2. The summed E-state index contributed by atoms with van der Waals surface area (Å²) in [5, 5.41) is 3.27. The molecule has 23 heavy (non-hydrogen) atoms. The Morgan fingerprint density at radius 3 is 2.26 bits per heavy atom. The Bertz CT molecular complexity index is 671. The lowest BCUT2D eigenvalue weighted by Gasteiger charge is -2.12. The molecule has 1 atom stereocenters. The summed E-state index contributed by atoms with van der Waals surface area (Å²) in [5.74, 6) is -0.0558. The zero-order valence-electron chi connectivity index (χ0n) is 13.6. The first-order valence-corrected chi connectivity index (χ1v) is 9.09. The van der Waals surface area contributed by atoms with Gasteiger partial charge in [0.15, 0.2) is 11.6 Å². The molecule has 0 saturated heterocycles. The Balaban J connectivity index is 1.88. The molecule has 0 aliphatic rings. The van der Waals surface area contributed by atoms with Crippen LogP contribution in [0.15, 0.2) is 47.4 Å². The maximum absolute atomic E-state index is 13.9. The standard InChI is InChI=1S/C18H22FNO2S/c1-13(2)22-18-9-6-15(10-17(18)19)12-20-11-14-4-7-16(8-5-14)23(3)21/h4-10,13,20H,11-12H2,1-3H3. The maximum Gasteiger partial charge on any atom is 0.165 e. The number of halogens is 1. The van der Waals surface area contributed by atoms with Gasteiger partial charge in [0.25, 0.3) is 0 Å². The molecule has 3 nitrogen and oxygen atoms in total. The zero-order valence-corrected chi connectivity index (χ0v) is 14.5. The maximum atomic E-state index is 13.9. The number of hydrogen-bond acceptors (Lipinski definition) is 3. The second-order valence-electron chi connectivity index (χ2n) is 5.63. The molecule has 0 amide bonds. The minimum absolute atomic E-state index is 0.0473. The van der Waals surface area contributed by atoms with Crippen LogP contribution in [0.25, 0.3) is 0 Å². The van der Waals surface area contributed by atoms with E-state index in [1.807, 2.05) is 44.2 Å². The van der Waals surface area contributed by atoms with Crippen molar-refractivity contribution in [2.75, 3.05) is 6.26 Å². The molecule has 5 heteroatoms. The van der Waals surface area contributed by atoms with Crippen molar-refractivity contribution in [3.63, 3.8) is 0 Å². The number of nitrogens with one attached hydrogen (secondary N) is 1. The van der Waals surface area contributed by atoms with Crippen LogP contribution in [0.4, 0.5) is 4.39 Å². The van der Waals surface area contributed by atoms with Crippen molar-refractivity contribution in [1.82, 2.24) is 5.32 Å². The topological polar surface area (TPSA) is 38.3 Å². The number of rotatable bonds is 7. The molecule has 0 aliphatic carbocycles. The predicted molar refractivity (Wildman–Crippen MR) is 91.5 cm³/mol. The van der Waals surface area contributed by atoms with Crippen LogP contribution in [-0.4, -0.2) is 16.6 Å². The summed E-state index contributed by atoms with van der Waals surface area (Å²) in [5.41, 5.74) is 1.96. The van der Waals surface area contributed by atoms with Crippen molar-refractivity contribution < 1.29 is 13.3 Å². The quantitative estimate of drug-likeness (QED) is 0.839. The molecule has 2 aromatic carbocycles. The molecule has 0 radical (unpaired) electrons. The zero-order chi connectivity index (χ0) is 16.8. The largest absolute Gasteiger partial charge is 0.488 e. The molecule has 2 rings (SSSR count). The second-order valence-corrected chi connectivity index (χ2v) is 7.01. The van der Waals surface area contributed by atoms with E-state index >= 15 is 0 Å². The molecule has 0 fully saturated rings. The van der Waals surface area contributed by atoms with Crippen molar-refractivity contribution in [2.24, 2.45) is 0 Å². The summed E-state index contributed by atoms with van der Waals surface area (Å²) < 4.78 is 30.6. The first-order valence-electron chi connectivity index (χ1n) is 7.54. The van der Waals surface area contributed by atoms with Gasteiger partial charge in [0, 0.05) is 35.0 Å². The highest BCUT2D eigenvalue weighted by Gasteiger charge is 2.06. The number of benzene rings is 2. The van der Waals surface area contributed by atoms with Crippen LogP contribution in [0.2, 0.25) is 0 Å². The third-order valence-electron chi connectivity index (χ3n) is 3.27. The Hall–Kier alpha value is -1.72. The summed E-state index contributed by atoms with van der Waals surface area (Å²) >= 11 is 0. The summed E-state index contributed by atoms with van der Waals surface area (Å²) in [4.78, 5) is 0.816. The molecule has 0 aliphatic heterocycles. The van der Waals surface area contributed by atoms with Crippen molar-refractivity contribution >= 4 is 10.8 Å². The minimum Gasteiger partial charge on any atom is -0.488 e. The molecule has 0 spiro atoms. The average Bonchev–Trinajstić information content (AvgIpc) is 2.50. The van der Waals surface area contributed by atoms with Gasteiger partial charge in [-0.1, -0.05) is 18.2 Å². The summed E-state index contributed by atoms with van der Waals surface area (Å²) in [7, 11) is -0.956. The molecule has 0 saturated carbocycles.